The van der Waals surface area contributed by atoms with Crippen LogP contribution in [0.5, 0.6) is 0 Å². The molecule has 3 atom stereocenters. The maximum absolute atomic E-state index is 10.1. The molecule has 0 heterocycles. The van der Waals surface area contributed by atoms with Crippen LogP contribution in [0.3, 0.4) is 0 Å². The van der Waals surface area contributed by atoms with Crippen LogP contribution in [0.25, 0.3) is 0 Å². The van der Waals surface area contributed by atoms with E-state index in [0.29, 0.717) is 5.92 Å². The summed E-state index contributed by atoms with van der Waals surface area (Å²) in [7, 11) is 0. The van der Waals surface area contributed by atoms with E-state index in [1.165, 1.54) is 25.7 Å². The molecule has 62 valence electrons. The minimum Gasteiger partial charge on any atom is -0.386 e. The molecule has 2 rings (SSSR count). The van der Waals surface area contributed by atoms with Gasteiger partial charge in [-0.15, -0.1) is 6.58 Å². The van der Waals surface area contributed by atoms with Crippen LogP contribution in [0.4, 0.5) is 0 Å². The molecule has 2 fully saturated rings. The highest BCUT2D eigenvalue weighted by Crippen LogP contribution is 2.48. The van der Waals surface area contributed by atoms with Crippen molar-refractivity contribution >= 4 is 0 Å². The van der Waals surface area contributed by atoms with Crippen molar-refractivity contribution in [3.63, 3.8) is 0 Å². The summed E-state index contributed by atoms with van der Waals surface area (Å²) in [6.07, 6.45) is 7.82. The van der Waals surface area contributed by atoms with Gasteiger partial charge in [0.1, 0.15) is 0 Å². The molecular weight excluding hydrogens is 136 g/mol. The van der Waals surface area contributed by atoms with E-state index < -0.39 is 5.60 Å². The Morgan fingerprint density at radius 1 is 1.45 bits per heavy atom. The van der Waals surface area contributed by atoms with Gasteiger partial charge in [0.2, 0.25) is 0 Å². The van der Waals surface area contributed by atoms with Gasteiger partial charge in [0.25, 0.3) is 0 Å². The lowest BCUT2D eigenvalue weighted by molar-refractivity contribution is 0.0493. The molecule has 0 aromatic heterocycles. The lowest BCUT2D eigenvalue weighted by Gasteiger charge is -2.26. The first-order valence-electron chi connectivity index (χ1n) is 4.60. The fourth-order valence-electron chi connectivity index (χ4n) is 2.81. The van der Waals surface area contributed by atoms with Gasteiger partial charge in [-0.3, -0.25) is 0 Å². The second kappa shape index (κ2) is 2.34. The highest BCUT2D eigenvalue weighted by Gasteiger charge is 2.45. The van der Waals surface area contributed by atoms with Crippen molar-refractivity contribution in [2.24, 2.45) is 11.8 Å². The molecule has 2 aliphatic rings. The van der Waals surface area contributed by atoms with Crippen LogP contribution < -0.4 is 0 Å². The van der Waals surface area contributed by atoms with Crippen molar-refractivity contribution in [3.8, 4) is 0 Å². The SMILES string of the molecule is C=C[C@@]1(O)C[C@H]2CCC[C@H]1C2. The Kier molecular flexibility index (Phi) is 1.57. The van der Waals surface area contributed by atoms with Crippen LogP contribution in [0, 0.1) is 11.8 Å². The Bertz CT molecular complexity index is 176. The van der Waals surface area contributed by atoms with Gasteiger partial charge in [-0.2, -0.15) is 0 Å². The molecule has 11 heavy (non-hydrogen) atoms. The normalized spacial score (nSPS) is 49.2. The van der Waals surface area contributed by atoms with Crippen LogP contribution in [-0.2, 0) is 0 Å². The lowest BCUT2D eigenvalue weighted by atomic mass is 9.85. The third-order valence-electron chi connectivity index (χ3n) is 3.46. The summed E-state index contributed by atoms with van der Waals surface area (Å²) in [4.78, 5) is 0. The van der Waals surface area contributed by atoms with Gasteiger partial charge in [0.05, 0.1) is 5.60 Å². The van der Waals surface area contributed by atoms with Gasteiger partial charge in [0, 0.05) is 0 Å². The van der Waals surface area contributed by atoms with Crippen molar-refractivity contribution in [1.82, 2.24) is 0 Å². The highest BCUT2D eigenvalue weighted by molar-refractivity contribution is 5.08. The zero-order chi connectivity index (χ0) is 7.90. The third kappa shape index (κ3) is 1.02. The fraction of sp³-hybridized carbons (Fsp3) is 0.800. The average Bonchev–Trinajstić information content (AvgIpc) is 2.25. The summed E-state index contributed by atoms with van der Waals surface area (Å²) in [5.41, 5.74) is -0.499. The first kappa shape index (κ1) is 7.35. The van der Waals surface area contributed by atoms with E-state index in [1.54, 1.807) is 6.08 Å². The zero-order valence-corrected chi connectivity index (χ0v) is 6.92. The molecule has 0 amide bonds. The third-order valence-corrected chi connectivity index (χ3v) is 3.46. The van der Waals surface area contributed by atoms with Crippen molar-refractivity contribution in [2.75, 3.05) is 0 Å². The first-order valence-corrected chi connectivity index (χ1v) is 4.60. The van der Waals surface area contributed by atoms with Crippen LogP contribution in [-0.4, -0.2) is 10.7 Å². The fourth-order valence-corrected chi connectivity index (χ4v) is 2.81. The summed E-state index contributed by atoms with van der Waals surface area (Å²) in [6, 6.07) is 0. The van der Waals surface area contributed by atoms with Gasteiger partial charge >= 0.3 is 0 Å². The summed E-state index contributed by atoms with van der Waals surface area (Å²) >= 11 is 0. The predicted octanol–water partition coefficient (Wildman–Crippen LogP) is 2.11. The Balaban J connectivity index is 2.20. The van der Waals surface area contributed by atoms with E-state index in [4.69, 9.17) is 0 Å². The maximum atomic E-state index is 10.1. The summed E-state index contributed by atoms with van der Waals surface area (Å²) in [5, 5.41) is 10.1. The maximum Gasteiger partial charge on any atom is 0.0855 e. The van der Waals surface area contributed by atoms with E-state index >= 15 is 0 Å². The molecule has 0 aromatic carbocycles. The van der Waals surface area contributed by atoms with Gasteiger partial charge in [-0.05, 0) is 31.1 Å². The van der Waals surface area contributed by atoms with Crippen molar-refractivity contribution in [2.45, 2.75) is 37.7 Å². The zero-order valence-electron chi connectivity index (χ0n) is 6.92. The Labute approximate surface area is 68.1 Å². The topological polar surface area (TPSA) is 20.2 Å². The monoisotopic (exact) mass is 152 g/mol. The minimum absolute atomic E-state index is 0.499. The van der Waals surface area contributed by atoms with Gasteiger partial charge in [0.15, 0.2) is 0 Å². The molecule has 2 saturated carbocycles. The van der Waals surface area contributed by atoms with E-state index in [0.717, 1.165) is 12.3 Å². The molecule has 2 bridgehead atoms. The number of rotatable bonds is 1. The molecule has 0 unspecified atom stereocenters. The quantitative estimate of drug-likeness (QED) is 0.570. The number of hydrogen-bond acceptors (Lipinski definition) is 1. The second-order valence-corrected chi connectivity index (χ2v) is 4.13. The summed E-state index contributed by atoms with van der Waals surface area (Å²) in [6.45, 7) is 3.72. The second-order valence-electron chi connectivity index (χ2n) is 4.13. The number of aliphatic hydroxyl groups is 1. The molecule has 0 saturated heterocycles. The molecule has 0 aromatic rings. The van der Waals surface area contributed by atoms with Crippen molar-refractivity contribution in [1.29, 1.82) is 0 Å². The van der Waals surface area contributed by atoms with Crippen LogP contribution in [0.1, 0.15) is 32.1 Å². The molecule has 1 heteroatoms. The standard InChI is InChI=1S/C10H16O/c1-2-10(11)7-8-4-3-5-9(10)6-8/h2,8-9,11H,1,3-7H2/t8-,9-,10+/m0/s1. The molecular formula is C10H16O. The van der Waals surface area contributed by atoms with Crippen molar-refractivity contribution in [3.05, 3.63) is 12.7 Å². The van der Waals surface area contributed by atoms with E-state index in [9.17, 15) is 5.11 Å². The molecule has 0 radical (unpaired) electrons. The van der Waals surface area contributed by atoms with E-state index in [2.05, 4.69) is 6.58 Å². The van der Waals surface area contributed by atoms with E-state index in [1.807, 2.05) is 0 Å². The largest absolute Gasteiger partial charge is 0.386 e. The molecule has 0 aliphatic heterocycles. The van der Waals surface area contributed by atoms with Crippen LogP contribution in [0.15, 0.2) is 12.7 Å². The number of hydrogen-bond donors (Lipinski definition) is 1. The average molecular weight is 152 g/mol. The predicted molar refractivity (Wildman–Crippen MR) is 45.2 cm³/mol. The lowest BCUT2D eigenvalue weighted by Crippen LogP contribution is -2.29. The first-order chi connectivity index (χ1) is 5.24. The molecule has 0 spiro atoms. The molecule has 1 nitrogen and oxygen atoms in total. The van der Waals surface area contributed by atoms with Gasteiger partial charge < -0.3 is 5.11 Å². The van der Waals surface area contributed by atoms with E-state index in [-0.39, 0.29) is 0 Å². The summed E-state index contributed by atoms with van der Waals surface area (Å²) in [5.74, 6) is 1.32. The molecule has 1 N–H and O–H groups in total. The Morgan fingerprint density at radius 3 is 2.91 bits per heavy atom. The van der Waals surface area contributed by atoms with Gasteiger partial charge in [-0.25, -0.2) is 0 Å². The summed E-state index contributed by atoms with van der Waals surface area (Å²) < 4.78 is 0. The van der Waals surface area contributed by atoms with Gasteiger partial charge in [-0.1, -0.05) is 18.9 Å². The smallest absolute Gasteiger partial charge is 0.0855 e. The van der Waals surface area contributed by atoms with Crippen molar-refractivity contribution < 1.29 is 5.11 Å². The Morgan fingerprint density at radius 2 is 2.27 bits per heavy atom. The Hall–Kier alpha value is -0.300. The van der Waals surface area contributed by atoms with Crippen LogP contribution in [0.2, 0.25) is 0 Å². The minimum atomic E-state index is -0.499. The van der Waals surface area contributed by atoms with Crippen LogP contribution >= 0.6 is 0 Å². The number of fused-ring (bicyclic) bond motifs is 2. The highest BCUT2D eigenvalue weighted by atomic mass is 16.3. The molecule has 2 aliphatic carbocycles.